The number of carboxylic acid groups (broad SMARTS) is 1. The SMILES string of the molecule is Cc1cc(Cl)c(C)c(S(=O)(=O)NCCC(=O)O)c1Cl. The minimum atomic E-state index is -3.89. The average Bonchev–Trinajstić information content (AvgIpc) is 2.25. The highest BCUT2D eigenvalue weighted by molar-refractivity contribution is 7.89. The molecule has 0 aliphatic heterocycles. The van der Waals surface area contributed by atoms with Gasteiger partial charge in [0.25, 0.3) is 0 Å². The smallest absolute Gasteiger partial charge is 0.304 e. The first kappa shape index (κ1) is 16.2. The van der Waals surface area contributed by atoms with Crippen LogP contribution in [0.2, 0.25) is 10.0 Å². The Morgan fingerprint density at radius 1 is 1.37 bits per heavy atom. The number of halogens is 2. The molecule has 0 fully saturated rings. The Kier molecular flexibility index (Phi) is 5.20. The van der Waals surface area contributed by atoms with E-state index in [1.807, 2.05) is 0 Å². The molecule has 106 valence electrons. The Bertz CT molecular complexity index is 587. The van der Waals surface area contributed by atoms with E-state index in [-0.39, 0.29) is 22.9 Å². The van der Waals surface area contributed by atoms with Crippen molar-refractivity contribution in [1.82, 2.24) is 4.72 Å². The van der Waals surface area contributed by atoms with Gasteiger partial charge in [-0.2, -0.15) is 0 Å². The molecule has 0 aliphatic rings. The van der Waals surface area contributed by atoms with Gasteiger partial charge in [-0.05, 0) is 31.0 Å². The van der Waals surface area contributed by atoms with Crippen LogP contribution in [0.25, 0.3) is 0 Å². The highest BCUT2D eigenvalue weighted by Gasteiger charge is 2.23. The third kappa shape index (κ3) is 3.82. The summed E-state index contributed by atoms with van der Waals surface area (Å²) in [6.45, 7) is 2.97. The maximum atomic E-state index is 12.1. The number of sulfonamides is 1. The fraction of sp³-hybridized carbons (Fsp3) is 0.364. The standard InChI is InChI=1S/C11H13Cl2NO4S/c1-6-5-8(12)7(2)11(10(6)13)19(17,18)14-4-3-9(15)16/h5,14H,3-4H2,1-2H3,(H,15,16). The number of hydrogen-bond acceptors (Lipinski definition) is 3. The van der Waals surface area contributed by atoms with Gasteiger partial charge in [0.1, 0.15) is 4.90 Å². The second-order valence-electron chi connectivity index (χ2n) is 3.98. The summed E-state index contributed by atoms with van der Waals surface area (Å²) in [7, 11) is -3.89. The van der Waals surface area contributed by atoms with Crippen molar-refractivity contribution < 1.29 is 18.3 Å². The van der Waals surface area contributed by atoms with E-state index in [1.165, 1.54) is 0 Å². The number of benzene rings is 1. The highest BCUT2D eigenvalue weighted by atomic mass is 35.5. The summed E-state index contributed by atoms with van der Waals surface area (Å²) in [4.78, 5) is 10.3. The van der Waals surface area contributed by atoms with E-state index in [4.69, 9.17) is 28.3 Å². The molecule has 19 heavy (non-hydrogen) atoms. The summed E-state index contributed by atoms with van der Waals surface area (Å²) in [5, 5.41) is 8.88. The molecule has 1 aromatic rings. The number of rotatable bonds is 5. The molecule has 1 rings (SSSR count). The summed E-state index contributed by atoms with van der Waals surface area (Å²) in [6, 6.07) is 1.58. The summed E-state index contributed by atoms with van der Waals surface area (Å²) in [6.07, 6.45) is -0.310. The van der Waals surface area contributed by atoms with Gasteiger partial charge in [-0.15, -0.1) is 0 Å². The average molecular weight is 326 g/mol. The second-order valence-corrected chi connectivity index (χ2v) is 6.47. The van der Waals surface area contributed by atoms with Crippen molar-refractivity contribution in [1.29, 1.82) is 0 Å². The summed E-state index contributed by atoms with van der Waals surface area (Å²) in [5.74, 6) is -1.09. The Hall–Kier alpha value is -0.820. The molecular formula is C11H13Cl2NO4S. The van der Waals surface area contributed by atoms with Crippen molar-refractivity contribution in [3.05, 3.63) is 27.2 Å². The van der Waals surface area contributed by atoms with Crippen LogP contribution in [0, 0.1) is 13.8 Å². The predicted octanol–water partition coefficient (Wildman–Crippen LogP) is 2.36. The molecule has 0 amide bonds. The maximum Gasteiger partial charge on any atom is 0.304 e. The summed E-state index contributed by atoms with van der Waals surface area (Å²) >= 11 is 11.9. The van der Waals surface area contributed by atoms with Crippen LogP contribution in [0.1, 0.15) is 17.5 Å². The van der Waals surface area contributed by atoms with Crippen molar-refractivity contribution in [2.75, 3.05) is 6.54 Å². The fourth-order valence-electron chi connectivity index (χ4n) is 1.50. The van der Waals surface area contributed by atoms with Gasteiger partial charge in [-0.3, -0.25) is 4.79 Å². The van der Waals surface area contributed by atoms with Gasteiger partial charge >= 0.3 is 5.97 Å². The van der Waals surface area contributed by atoms with Gasteiger partial charge in [0.2, 0.25) is 10.0 Å². The Labute approximate surface area is 121 Å². The number of carboxylic acids is 1. The topological polar surface area (TPSA) is 83.5 Å². The molecule has 0 aliphatic carbocycles. The predicted molar refractivity (Wildman–Crippen MR) is 73.4 cm³/mol. The Morgan fingerprint density at radius 2 is 1.95 bits per heavy atom. The Morgan fingerprint density at radius 3 is 2.47 bits per heavy atom. The first-order valence-corrected chi connectivity index (χ1v) is 7.57. The zero-order valence-electron chi connectivity index (χ0n) is 10.3. The highest BCUT2D eigenvalue weighted by Crippen LogP contribution is 2.33. The fourth-order valence-corrected chi connectivity index (χ4v) is 3.74. The van der Waals surface area contributed by atoms with E-state index in [1.54, 1.807) is 19.9 Å². The van der Waals surface area contributed by atoms with E-state index < -0.39 is 16.0 Å². The molecule has 8 heteroatoms. The minimum Gasteiger partial charge on any atom is -0.481 e. The summed E-state index contributed by atoms with van der Waals surface area (Å²) in [5.41, 5.74) is 0.871. The van der Waals surface area contributed by atoms with E-state index in [0.29, 0.717) is 16.1 Å². The molecular weight excluding hydrogens is 313 g/mol. The molecule has 0 atom stereocenters. The lowest BCUT2D eigenvalue weighted by Gasteiger charge is -2.13. The molecule has 0 saturated carbocycles. The van der Waals surface area contributed by atoms with Crippen molar-refractivity contribution in [2.45, 2.75) is 25.2 Å². The lowest BCUT2D eigenvalue weighted by Crippen LogP contribution is -2.27. The molecule has 0 heterocycles. The number of hydrogen-bond donors (Lipinski definition) is 2. The molecule has 0 aromatic heterocycles. The summed E-state index contributed by atoms with van der Waals surface area (Å²) < 4.78 is 26.4. The molecule has 0 radical (unpaired) electrons. The van der Waals surface area contributed by atoms with Crippen molar-refractivity contribution in [2.24, 2.45) is 0 Å². The monoisotopic (exact) mass is 325 g/mol. The lowest BCUT2D eigenvalue weighted by atomic mass is 10.2. The van der Waals surface area contributed by atoms with Crippen molar-refractivity contribution in [3.63, 3.8) is 0 Å². The zero-order chi connectivity index (χ0) is 14.8. The van der Waals surface area contributed by atoms with Crippen LogP contribution in [0.4, 0.5) is 0 Å². The van der Waals surface area contributed by atoms with Gasteiger partial charge < -0.3 is 5.11 Å². The van der Waals surface area contributed by atoms with Gasteiger partial charge in [0, 0.05) is 11.6 Å². The first-order chi connectivity index (χ1) is 8.66. The number of aliphatic carboxylic acids is 1. The van der Waals surface area contributed by atoms with E-state index in [0.717, 1.165) is 0 Å². The van der Waals surface area contributed by atoms with Crippen molar-refractivity contribution >= 4 is 39.2 Å². The second kappa shape index (κ2) is 6.09. The largest absolute Gasteiger partial charge is 0.481 e. The van der Waals surface area contributed by atoms with Crippen LogP contribution >= 0.6 is 23.2 Å². The maximum absolute atomic E-state index is 12.1. The molecule has 0 bridgehead atoms. The van der Waals surface area contributed by atoms with Crippen LogP contribution in [0.15, 0.2) is 11.0 Å². The molecule has 1 aromatic carbocycles. The third-order valence-corrected chi connectivity index (χ3v) is 5.11. The molecule has 0 unspecified atom stereocenters. The first-order valence-electron chi connectivity index (χ1n) is 5.33. The normalized spacial score (nSPS) is 11.6. The van der Waals surface area contributed by atoms with Gasteiger partial charge in [-0.1, -0.05) is 23.2 Å². The quantitative estimate of drug-likeness (QED) is 0.870. The van der Waals surface area contributed by atoms with E-state index in [2.05, 4.69) is 4.72 Å². The van der Waals surface area contributed by atoms with Crippen LogP contribution in [0.3, 0.4) is 0 Å². The van der Waals surface area contributed by atoms with Crippen molar-refractivity contribution in [3.8, 4) is 0 Å². The van der Waals surface area contributed by atoms with E-state index in [9.17, 15) is 13.2 Å². The van der Waals surface area contributed by atoms with Crippen LogP contribution < -0.4 is 4.72 Å². The number of nitrogens with one attached hydrogen (secondary N) is 1. The van der Waals surface area contributed by atoms with Gasteiger partial charge in [0.15, 0.2) is 0 Å². The van der Waals surface area contributed by atoms with Gasteiger partial charge in [0.05, 0.1) is 11.4 Å². The van der Waals surface area contributed by atoms with Crippen LogP contribution in [0.5, 0.6) is 0 Å². The lowest BCUT2D eigenvalue weighted by molar-refractivity contribution is -0.136. The molecule has 0 saturated heterocycles. The number of aryl methyl sites for hydroxylation is 1. The van der Waals surface area contributed by atoms with E-state index >= 15 is 0 Å². The minimum absolute atomic E-state index is 0.0877. The number of carbonyl (C=O) groups is 1. The molecule has 5 nitrogen and oxygen atoms in total. The zero-order valence-corrected chi connectivity index (χ0v) is 12.7. The molecule has 0 spiro atoms. The van der Waals surface area contributed by atoms with Gasteiger partial charge in [-0.25, -0.2) is 13.1 Å². The third-order valence-electron chi connectivity index (χ3n) is 2.49. The van der Waals surface area contributed by atoms with Crippen LogP contribution in [-0.2, 0) is 14.8 Å². The Balaban J connectivity index is 3.18. The van der Waals surface area contributed by atoms with Crippen LogP contribution in [-0.4, -0.2) is 26.0 Å². The molecule has 2 N–H and O–H groups in total.